The first kappa shape index (κ1) is 18.8. The van der Waals surface area contributed by atoms with Gasteiger partial charge in [-0.1, -0.05) is 36.2 Å². The van der Waals surface area contributed by atoms with E-state index in [-0.39, 0.29) is 18.1 Å². The maximum atomic E-state index is 12.6. The Labute approximate surface area is 151 Å². The van der Waals surface area contributed by atoms with E-state index < -0.39 is 0 Å². The van der Waals surface area contributed by atoms with Crippen LogP contribution >= 0.6 is 23.2 Å². The molecule has 5 nitrogen and oxygen atoms in total. The van der Waals surface area contributed by atoms with E-state index in [2.05, 4.69) is 10.4 Å². The number of hydrogen-bond acceptors (Lipinski definition) is 3. The Hall–Kier alpha value is -1.56. The molecule has 0 saturated carbocycles. The molecule has 0 aliphatic heterocycles. The van der Waals surface area contributed by atoms with Crippen LogP contribution in [-0.2, 0) is 18.2 Å². The van der Waals surface area contributed by atoms with Gasteiger partial charge < -0.3 is 10.1 Å². The maximum absolute atomic E-state index is 12.6. The van der Waals surface area contributed by atoms with Gasteiger partial charge in [-0.15, -0.1) is 0 Å². The van der Waals surface area contributed by atoms with Gasteiger partial charge in [0.1, 0.15) is 6.10 Å². The molecule has 2 unspecified atom stereocenters. The van der Waals surface area contributed by atoms with Crippen molar-refractivity contribution in [3.63, 3.8) is 0 Å². The average Bonchev–Trinajstić information content (AvgIpc) is 2.91. The third kappa shape index (κ3) is 4.09. The van der Waals surface area contributed by atoms with Crippen LogP contribution in [-0.4, -0.2) is 28.8 Å². The Morgan fingerprint density at radius 2 is 2.12 bits per heavy atom. The zero-order chi connectivity index (χ0) is 17.9. The summed E-state index contributed by atoms with van der Waals surface area (Å²) in [7, 11) is 3.38. The molecule has 1 aromatic carbocycles. The standard InChI is InChI=1S/C17H21Cl2N3O2/c1-5-15-13(9-22(3)21-15)17(23)20-10(2)16(24-4)12-7-6-11(18)8-14(12)19/h6-10,16H,5H2,1-4H3,(H,20,23). The Bertz CT molecular complexity index is 731. The van der Waals surface area contributed by atoms with Gasteiger partial charge in [0.15, 0.2) is 0 Å². The molecule has 1 amide bonds. The number of nitrogens with zero attached hydrogens (tertiary/aromatic N) is 2. The van der Waals surface area contributed by atoms with Crippen LogP contribution in [0.3, 0.4) is 0 Å². The predicted molar refractivity (Wildman–Crippen MR) is 95.7 cm³/mol. The van der Waals surface area contributed by atoms with Crippen molar-refractivity contribution in [1.82, 2.24) is 15.1 Å². The fourth-order valence-corrected chi connectivity index (χ4v) is 3.19. The molecule has 2 rings (SSSR count). The van der Waals surface area contributed by atoms with Crippen molar-refractivity contribution in [1.29, 1.82) is 0 Å². The molecular formula is C17H21Cl2N3O2. The van der Waals surface area contributed by atoms with Crippen LogP contribution in [0.1, 0.15) is 41.6 Å². The lowest BCUT2D eigenvalue weighted by atomic mass is 10.0. The number of halogens is 2. The van der Waals surface area contributed by atoms with Crippen LogP contribution in [0.2, 0.25) is 10.0 Å². The number of carbonyl (C=O) groups excluding carboxylic acids is 1. The average molecular weight is 370 g/mol. The van der Waals surface area contributed by atoms with E-state index in [0.29, 0.717) is 22.0 Å². The number of nitrogens with one attached hydrogen (secondary N) is 1. The molecule has 1 heterocycles. The van der Waals surface area contributed by atoms with Crippen LogP contribution in [0, 0.1) is 0 Å². The summed E-state index contributed by atoms with van der Waals surface area (Å²) in [5.74, 6) is -0.181. The normalized spacial score (nSPS) is 13.6. The van der Waals surface area contributed by atoms with Gasteiger partial charge in [-0.2, -0.15) is 5.10 Å². The van der Waals surface area contributed by atoms with E-state index in [9.17, 15) is 4.79 Å². The Morgan fingerprint density at radius 3 is 2.71 bits per heavy atom. The minimum atomic E-state index is -0.388. The zero-order valence-corrected chi connectivity index (χ0v) is 15.6. The quantitative estimate of drug-likeness (QED) is 0.842. The molecule has 2 aromatic rings. The number of amides is 1. The lowest BCUT2D eigenvalue weighted by Gasteiger charge is -2.25. The second-order valence-corrected chi connectivity index (χ2v) is 6.44. The lowest BCUT2D eigenvalue weighted by molar-refractivity contribution is 0.0645. The molecule has 2 atom stereocenters. The molecule has 130 valence electrons. The maximum Gasteiger partial charge on any atom is 0.255 e. The van der Waals surface area contributed by atoms with Crippen molar-refractivity contribution in [2.75, 3.05) is 7.11 Å². The summed E-state index contributed by atoms with van der Waals surface area (Å²) in [5, 5.41) is 8.32. The van der Waals surface area contributed by atoms with Gasteiger partial charge in [-0.05, 0) is 25.5 Å². The fourth-order valence-electron chi connectivity index (χ4n) is 2.68. The van der Waals surface area contributed by atoms with Crippen molar-refractivity contribution in [3.05, 3.63) is 51.3 Å². The molecule has 0 spiro atoms. The summed E-state index contributed by atoms with van der Waals surface area (Å²) >= 11 is 12.2. The molecular weight excluding hydrogens is 349 g/mol. The first-order chi connectivity index (χ1) is 11.4. The van der Waals surface area contributed by atoms with Gasteiger partial charge >= 0.3 is 0 Å². The highest BCUT2D eigenvalue weighted by Gasteiger charge is 2.25. The van der Waals surface area contributed by atoms with Crippen LogP contribution in [0.15, 0.2) is 24.4 Å². The number of ether oxygens (including phenoxy) is 1. The second kappa shape index (κ2) is 8.01. The Morgan fingerprint density at radius 1 is 1.42 bits per heavy atom. The number of methoxy groups -OCH3 is 1. The number of aromatic nitrogens is 2. The van der Waals surface area contributed by atoms with Gasteiger partial charge in [0.2, 0.25) is 0 Å². The van der Waals surface area contributed by atoms with Gasteiger partial charge in [-0.3, -0.25) is 9.48 Å². The minimum Gasteiger partial charge on any atom is -0.375 e. The SMILES string of the molecule is CCc1nn(C)cc1C(=O)NC(C)C(OC)c1ccc(Cl)cc1Cl. The Balaban J connectivity index is 2.19. The van der Waals surface area contributed by atoms with Gasteiger partial charge in [0.25, 0.3) is 5.91 Å². The first-order valence-corrected chi connectivity index (χ1v) is 8.44. The third-order valence-electron chi connectivity index (χ3n) is 3.82. The molecule has 0 aliphatic carbocycles. The van der Waals surface area contributed by atoms with Crippen LogP contribution in [0.5, 0.6) is 0 Å². The molecule has 7 heteroatoms. The van der Waals surface area contributed by atoms with Crippen LogP contribution in [0.25, 0.3) is 0 Å². The topological polar surface area (TPSA) is 56.2 Å². The highest BCUT2D eigenvalue weighted by Crippen LogP contribution is 2.30. The second-order valence-electron chi connectivity index (χ2n) is 5.60. The molecule has 1 aromatic heterocycles. The highest BCUT2D eigenvalue weighted by atomic mass is 35.5. The number of aryl methyl sites for hydroxylation is 2. The number of carbonyl (C=O) groups is 1. The van der Waals surface area contributed by atoms with Crippen molar-refractivity contribution in [2.24, 2.45) is 7.05 Å². The van der Waals surface area contributed by atoms with Crippen LogP contribution in [0.4, 0.5) is 0 Å². The summed E-state index contributed by atoms with van der Waals surface area (Å²) < 4.78 is 7.20. The summed E-state index contributed by atoms with van der Waals surface area (Å²) in [6, 6.07) is 4.93. The van der Waals surface area contributed by atoms with Crippen molar-refractivity contribution < 1.29 is 9.53 Å². The molecule has 0 saturated heterocycles. The summed E-state index contributed by atoms with van der Waals surface area (Å²) in [6.45, 7) is 3.84. The smallest absolute Gasteiger partial charge is 0.255 e. The first-order valence-electron chi connectivity index (χ1n) is 7.68. The highest BCUT2D eigenvalue weighted by molar-refractivity contribution is 6.35. The molecule has 0 aliphatic rings. The monoisotopic (exact) mass is 369 g/mol. The molecule has 0 fully saturated rings. The summed E-state index contributed by atoms with van der Waals surface area (Å²) in [4.78, 5) is 12.6. The van der Waals surface area contributed by atoms with Gasteiger partial charge in [0, 0.05) is 36.0 Å². The fraction of sp³-hybridized carbons (Fsp3) is 0.412. The van der Waals surface area contributed by atoms with Gasteiger partial charge in [-0.25, -0.2) is 0 Å². The molecule has 0 radical (unpaired) electrons. The third-order valence-corrected chi connectivity index (χ3v) is 4.38. The van der Waals surface area contributed by atoms with E-state index in [1.54, 1.807) is 37.2 Å². The Kier molecular flexibility index (Phi) is 6.27. The minimum absolute atomic E-state index is 0.181. The van der Waals surface area contributed by atoms with Crippen molar-refractivity contribution in [2.45, 2.75) is 32.4 Å². The number of hydrogen-bond donors (Lipinski definition) is 1. The van der Waals surface area contributed by atoms with E-state index in [4.69, 9.17) is 27.9 Å². The van der Waals surface area contributed by atoms with Crippen LogP contribution < -0.4 is 5.32 Å². The molecule has 24 heavy (non-hydrogen) atoms. The van der Waals surface area contributed by atoms with E-state index in [0.717, 1.165) is 11.3 Å². The lowest BCUT2D eigenvalue weighted by Crippen LogP contribution is -2.38. The molecule has 1 N–H and O–H groups in total. The number of benzene rings is 1. The predicted octanol–water partition coefficient (Wildman–Crippen LogP) is 3.80. The van der Waals surface area contributed by atoms with Crippen molar-refractivity contribution >= 4 is 29.1 Å². The summed E-state index contributed by atoms with van der Waals surface area (Å²) in [6.07, 6.45) is 2.02. The molecule has 0 bridgehead atoms. The van der Waals surface area contributed by atoms with E-state index in [1.807, 2.05) is 19.9 Å². The zero-order valence-electron chi connectivity index (χ0n) is 14.1. The van der Waals surface area contributed by atoms with E-state index >= 15 is 0 Å². The number of rotatable bonds is 6. The van der Waals surface area contributed by atoms with Crippen molar-refractivity contribution in [3.8, 4) is 0 Å². The summed E-state index contributed by atoms with van der Waals surface area (Å²) in [5.41, 5.74) is 2.11. The van der Waals surface area contributed by atoms with Gasteiger partial charge in [0.05, 0.1) is 17.3 Å². The largest absolute Gasteiger partial charge is 0.375 e. The van der Waals surface area contributed by atoms with E-state index in [1.165, 1.54) is 0 Å².